The van der Waals surface area contributed by atoms with Crippen molar-refractivity contribution in [2.24, 2.45) is 5.73 Å². The lowest BCUT2D eigenvalue weighted by Crippen LogP contribution is -2.42. The van der Waals surface area contributed by atoms with Crippen LogP contribution in [-0.2, 0) is 11.2 Å². The smallest absolute Gasteiger partial charge is 0.253 e. The quantitative estimate of drug-likeness (QED) is 0.375. The lowest BCUT2D eigenvalue weighted by Gasteiger charge is -2.33. The van der Waals surface area contributed by atoms with Gasteiger partial charge >= 0.3 is 0 Å². The number of halogens is 1. The summed E-state index contributed by atoms with van der Waals surface area (Å²) >= 11 is 3.53. The van der Waals surface area contributed by atoms with Gasteiger partial charge in [0.15, 0.2) is 0 Å². The van der Waals surface area contributed by atoms with E-state index in [0.29, 0.717) is 31.3 Å². The average molecular weight is 552 g/mol. The molecule has 3 heterocycles. The number of aromatic nitrogens is 2. The van der Waals surface area contributed by atoms with E-state index in [4.69, 9.17) is 5.73 Å². The van der Waals surface area contributed by atoms with Crippen molar-refractivity contribution >= 4 is 50.9 Å². The highest BCUT2D eigenvalue weighted by Gasteiger charge is 2.24. The van der Waals surface area contributed by atoms with Gasteiger partial charge in [-0.2, -0.15) is 4.98 Å². The highest BCUT2D eigenvalue weighted by Crippen LogP contribution is 2.29. The molecule has 1 fully saturated rings. The zero-order valence-electron chi connectivity index (χ0n) is 20.1. The first-order valence-electron chi connectivity index (χ1n) is 12.0. The number of hydrogen-bond donors (Lipinski definition) is 4. The van der Waals surface area contributed by atoms with Crippen molar-refractivity contribution in [3.05, 3.63) is 70.3 Å². The van der Waals surface area contributed by atoms with Crippen LogP contribution in [0.3, 0.4) is 0 Å². The molecule has 0 bridgehead atoms. The summed E-state index contributed by atoms with van der Waals surface area (Å²) in [5, 5.41) is 9.54. The number of nitrogens with zero attached hydrogens (tertiary/aromatic N) is 3. The second-order valence-electron chi connectivity index (χ2n) is 8.60. The summed E-state index contributed by atoms with van der Waals surface area (Å²) in [5.41, 5.74) is 8.20. The molecule has 5 N–H and O–H groups in total. The average Bonchev–Trinajstić information content (AvgIpc) is 3.26. The van der Waals surface area contributed by atoms with Gasteiger partial charge in [-0.25, -0.2) is 4.98 Å². The number of carbonyl (C=O) groups is 2. The Morgan fingerprint density at radius 3 is 2.64 bits per heavy atom. The molecule has 0 radical (unpaired) electrons. The Balaban J connectivity index is 0.000000967. The summed E-state index contributed by atoms with van der Waals surface area (Å²) in [6.45, 7) is 4.04. The normalized spacial score (nSPS) is 14.9. The fourth-order valence-electron chi connectivity index (χ4n) is 4.15. The van der Waals surface area contributed by atoms with Crippen LogP contribution in [0.2, 0.25) is 0 Å². The summed E-state index contributed by atoms with van der Waals surface area (Å²) in [4.78, 5) is 35.1. The molecule has 2 amide bonds. The van der Waals surface area contributed by atoms with Gasteiger partial charge in [0.2, 0.25) is 11.9 Å². The summed E-state index contributed by atoms with van der Waals surface area (Å²) in [7, 11) is 0. The van der Waals surface area contributed by atoms with Crippen molar-refractivity contribution in [2.45, 2.75) is 32.2 Å². The van der Waals surface area contributed by atoms with Gasteiger partial charge in [-0.3, -0.25) is 9.59 Å². The Labute approximate surface area is 219 Å². The molecule has 9 nitrogen and oxygen atoms in total. The molecule has 0 saturated carbocycles. The molecule has 0 aliphatic carbocycles. The molecule has 10 heteroatoms. The number of fused-ring (bicyclic) bond motifs is 1. The van der Waals surface area contributed by atoms with Crippen LogP contribution in [0, 0.1) is 0 Å². The highest BCUT2D eigenvalue weighted by molar-refractivity contribution is 9.10. The third-order valence-electron chi connectivity index (χ3n) is 5.87. The van der Waals surface area contributed by atoms with E-state index < -0.39 is 0 Å². The van der Waals surface area contributed by atoms with Gasteiger partial charge in [-0.05, 0) is 71.2 Å². The summed E-state index contributed by atoms with van der Waals surface area (Å²) in [6, 6.07) is 15.3. The van der Waals surface area contributed by atoms with Gasteiger partial charge in [0, 0.05) is 42.3 Å². The van der Waals surface area contributed by atoms with E-state index in [1.807, 2.05) is 60.4 Å². The molecule has 5 rings (SSSR count). The van der Waals surface area contributed by atoms with Gasteiger partial charge in [0.25, 0.3) is 5.91 Å². The number of carbonyl (C=O) groups excluding carboxylic acids is 2. The van der Waals surface area contributed by atoms with E-state index >= 15 is 0 Å². The van der Waals surface area contributed by atoms with Gasteiger partial charge in [-0.1, -0.05) is 25.1 Å². The number of hydrogen-bond acceptors (Lipinski definition) is 7. The van der Waals surface area contributed by atoms with Crippen molar-refractivity contribution < 1.29 is 9.59 Å². The molecule has 188 valence electrons. The first-order chi connectivity index (χ1) is 17.5. The molecular weight excluding hydrogens is 522 g/mol. The number of nitrogens with two attached hydrogens (primary N) is 1. The molecule has 0 spiro atoms. The molecule has 1 aromatic heterocycles. The fourth-order valence-corrected chi connectivity index (χ4v) is 4.45. The van der Waals surface area contributed by atoms with E-state index in [0.717, 1.165) is 46.4 Å². The van der Waals surface area contributed by atoms with Crippen LogP contribution in [0.1, 0.15) is 35.7 Å². The number of nitrogens with one attached hydrogen (secondary N) is 3. The predicted octanol–water partition coefficient (Wildman–Crippen LogP) is 4.16. The molecule has 3 aromatic rings. The largest absolute Gasteiger partial charge is 0.366 e. The minimum Gasteiger partial charge on any atom is -0.366 e. The minimum atomic E-state index is 0.00467. The van der Waals surface area contributed by atoms with Crippen LogP contribution < -0.4 is 21.7 Å². The fraction of sp³-hybridized carbons (Fsp3) is 0.308. The van der Waals surface area contributed by atoms with E-state index in [-0.39, 0.29) is 17.9 Å². The summed E-state index contributed by atoms with van der Waals surface area (Å²) in [6.07, 6.45) is 3.77. The van der Waals surface area contributed by atoms with Gasteiger partial charge in [-0.15, -0.1) is 0 Å². The summed E-state index contributed by atoms with van der Waals surface area (Å²) < 4.78 is 0.777. The number of likely N-dealkylation sites (tertiary alicyclic amines) is 1. The van der Waals surface area contributed by atoms with Gasteiger partial charge < -0.3 is 26.6 Å². The molecule has 2 aliphatic heterocycles. The van der Waals surface area contributed by atoms with Crippen molar-refractivity contribution in [1.29, 1.82) is 0 Å². The van der Waals surface area contributed by atoms with E-state index in [1.165, 1.54) is 0 Å². The maximum atomic E-state index is 12.7. The van der Waals surface area contributed by atoms with Crippen LogP contribution in [-0.4, -0.2) is 52.4 Å². The van der Waals surface area contributed by atoms with Crippen molar-refractivity contribution in [3.8, 4) is 0 Å². The summed E-state index contributed by atoms with van der Waals surface area (Å²) in [5.74, 6) is 1.26. The molecule has 0 unspecified atom stereocenters. The SMILES string of the molecule is CCN.O=C1Cc2cc(Nc3ncc(Br)c(NC4CCN(C(=O)c5ccccc5)CC4)n3)ccc2N1. The first kappa shape index (κ1) is 25.6. The topological polar surface area (TPSA) is 125 Å². The van der Waals surface area contributed by atoms with Crippen molar-refractivity contribution in [3.63, 3.8) is 0 Å². The van der Waals surface area contributed by atoms with Crippen molar-refractivity contribution in [2.75, 3.05) is 35.6 Å². The molecule has 36 heavy (non-hydrogen) atoms. The lowest BCUT2D eigenvalue weighted by molar-refractivity contribution is -0.115. The number of piperidine rings is 1. The Kier molecular flexibility index (Phi) is 8.50. The third kappa shape index (κ3) is 6.38. The second kappa shape index (κ2) is 12.0. The van der Waals surface area contributed by atoms with E-state index in [1.54, 1.807) is 6.20 Å². The zero-order valence-corrected chi connectivity index (χ0v) is 21.7. The maximum absolute atomic E-state index is 12.7. The van der Waals surface area contributed by atoms with E-state index in [2.05, 4.69) is 41.8 Å². The van der Waals surface area contributed by atoms with Crippen LogP contribution >= 0.6 is 15.9 Å². The predicted molar refractivity (Wildman–Crippen MR) is 146 cm³/mol. The molecule has 2 aliphatic rings. The molecule has 2 aromatic carbocycles. The zero-order chi connectivity index (χ0) is 25.5. The number of amides is 2. The monoisotopic (exact) mass is 551 g/mol. The van der Waals surface area contributed by atoms with E-state index in [9.17, 15) is 9.59 Å². The van der Waals surface area contributed by atoms with Crippen molar-refractivity contribution in [1.82, 2.24) is 14.9 Å². The number of benzene rings is 2. The third-order valence-corrected chi connectivity index (χ3v) is 6.45. The molecule has 1 saturated heterocycles. The number of anilines is 4. The van der Waals surface area contributed by atoms with Gasteiger partial charge in [0.1, 0.15) is 5.82 Å². The minimum absolute atomic E-state index is 0.00467. The van der Waals surface area contributed by atoms with Crippen LogP contribution in [0.4, 0.5) is 23.1 Å². The van der Waals surface area contributed by atoms with Crippen LogP contribution in [0.25, 0.3) is 0 Å². The highest BCUT2D eigenvalue weighted by atomic mass is 79.9. The second-order valence-corrected chi connectivity index (χ2v) is 9.45. The lowest BCUT2D eigenvalue weighted by atomic mass is 10.0. The number of rotatable bonds is 5. The standard InChI is InChI=1S/C24H23BrN6O2.C2H7N/c25-19-14-26-24(28-18-6-7-20-16(12-18)13-21(32)29-20)30-22(19)27-17-8-10-31(11-9-17)23(33)15-4-2-1-3-5-15;1-2-3/h1-7,12,14,17H,8-11,13H2,(H,29,32)(H2,26,27,28,30);2-3H2,1H3. The Bertz CT molecular complexity index is 1210. The Hall–Kier alpha value is -3.50. The van der Waals surface area contributed by atoms with Crippen LogP contribution in [0.5, 0.6) is 0 Å². The Morgan fingerprint density at radius 1 is 1.19 bits per heavy atom. The maximum Gasteiger partial charge on any atom is 0.253 e. The molecule has 0 atom stereocenters. The first-order valence-corrected chi connectivity index (χ1v) is 12.8. The molecular formula is C26H30BrN7O2. The van der Waals surface area contributed by atoms with Gasteiger partial charge in [0.05, 0.1) is 10.9 Å². The van der Waals surface area contributed by atoms with Crippen LogP contribution in [0.15, 0.2) is 59.2 Å². The Morgan fingerprint density at radius 2 is 1.92 bits per heavy atom.